The van der Waals surface area contributed by atoms with Gasteiger partial charge in [0, 0.05) is 18.2 Å². The minimum absolute atomic E-state index is 0.00183. The first-order valence-corrected chi connectivity index (χ1v) is 11.2. The van der Waals surface area contributed by atoms with Gasteiger partial charge < -0.3 is 25.0 Å². The zero-order chi connectivity index (χ0) is 25.9. The van der Waals surface area contributed by atoms with E-state index in [0.717, 1.165) is 0 Å². The van der Waals surface area contributed by atoms with Crippen molar-refractivity contribution in [1.82, 2.24) is 15.5 Å². The number of alkyl carbamates (subject to hydrolysis) is 1. The van der Waals surface area contributed by atoms with Gasteiger partial charge in [0.1, 0.15) is 18.2 Å². The highest BCUT2D eigenvalue weighted by Crippen LogP contribution is 2.24. The maximum Gasteiger partial charge on any atom is 0.408 e. The molecule has 0 aliphatic rings. The molecule has 0 aromatic heterocycles. The fraction of sp³-hybridized carbons (Fsp3) is 0.520. The number of hydrogen-bond acceptors (Lipinski definition) is 6. The topological polar surface area (TPSA) is 114 Å². The average molecular weight is 474 g/mol. The van der Waals surface area contributed by atoms with Crippen molar-refractivity contribution in [3.63, 3.8) is 0 Å². The predicted molar refractivity (Wildman–Crippen MR) is 128 cm³/mol. The highest BCUT2D eigenvalue weighted by molar-refractivity contribution is 5.90. The summed E-state index contributed by atoms with van der Waals surface area (Å²) in [6.07, 6.45) is 4.69. The smallest absolute Gasteiger partial charge is 0.408 e. The van der Waals surface area contributed by atoms with Crippen LogP contribution in [0.4, 0.5) is 4.79 Å². The number of rotatable bonds is 10. The lowest BCUT2D eigenvalue weighted by molar-refractivity contribution is -0.144. The third-order valence-electron chi connectivity index (χ3n) is 4.48. The normalized spacial score (nSPS) is 11.7. The van der Waals surface area contributed by atoms with Crippen LogP contribution in [-0.2, 0) is 23.9 Å². The van der Waals surface area contributed by atoms with Crippen molar-refractivity contribution in [2.24, 2.45) is 0 Å². The zero-order valence-electron chi connectivity index (χ0n) is 20.8. The van der Waals surface area contributed by atoms with Gasteiger partial charge in [-0.2, -0.15) is 0 Å². The maximum atomic E-state index is 13.2. The monoisotopic (exact) mass is 473 g/mol. The van der Waals surface area contributed by atoms with Crippen molar-refractivity contribution in [3.05, 3.63) is 35.4 Å². The lowest BCUT2D eigenvalue weighted by Gasteiger charge is -2.34. The number of benzene rings is 1. The highest BCUT2D eigenvalue weighted by atomic mass is 16.6. The molecule has 2 N–H and O–H groups in total. The molecule has 186 valence electrons. The van der Waals surface area contributed by atoms with Crippen LogP contribution in [0.25, 0.3) is 0 Å². The van der Waals surface area contributed by atoms with Crippen LogP contribution in [0.1, 0.15) is 65.1 Å². The van der Waals surface area contributed by atoms with Crippen molar-refractivity contribution in [3.8, 4) is 12.3 Å². The highest BCUT2D eigenvalue weighted by Gasteiger charge is 2.33. The van der Waals surface area contributed by atoms with Gasteiger partial charge in [0.15, 0.2) is 0 Å². The van der Waals surface area contributed by atoms with Gasteiger partial charge in [-0.15, -0.1) is 6.42 Å². The number of carbonyl (C=O) groups is 4. The summed E-state index contributed by atoms with van der Waals surface area (Å²) in [5.74, 6) is 1.12. The van der Waals surface area contributed by atoms with Crippen molar-refractivity contribution in [2.75, 3.05) is 19.7 Å². The molecule has 34 heavy (non-hydrogen) atoms. The van der Waals surface area contributed by atoms with Gasteiger partial charge in [-0.3, -0.25) is 14.4 Å². The Labute approximate surface area is 201 Å². The van der Waals surface area contributed by atoms with Crippen LogP contribution in [0.15, 0.2) is 24.3 Å². The fourth-order valence-corrected chi connectivity index (χ4v) is 3.10. The summed E-state index contributed by atoms with van der Waals surface area (Å²) in [6, 6.07) is 5.30. The van der Waals surface area contributed by atoms with Gasteiger partial charge in [-0.05, 0) is 59.2 Å². The van der Waals surface area contributed by atoms with Gasteiger partial charge in [0.2, 0.25) is 11.8 Å². The predicted octanol–water partition coefficient (Wildman–Crippen LogP) is 2.54. The molecule has 0 heterocycles. The van der Waals surface area contributed by atoms with Crippen molar-refractivity contribution >= 4 is 23.9 Å². The second-order valence-corrected chi connectivity index (χ2v) is 8.77. The lowest BCUT2D eigenvalue weighted by atomic mass is 10.0. The molecule has 1 rings (SSSR count). The first-order valence-electron chi connectivity index (χ1n) is 11.2. The third kappa shape index (κ3) is 9.53. The Balaban J connectivity index is 3.12. The van der Waals surface area contributed by atoms with Crippen LogP contribution < -0.4 is 10.6 Å². The molecule has 9 heteroatoms. The number of terminal acetylenes is 1. The van der Waals surface area contributed by atoms with E-state index in [1.807, 2.05) is 0 Å². The van der Waals surface area contributed by atoms with Gasteiger partial charge in [0.05, 0.1) is 13.0 Å². The average Bonchev–Trinajstić information content (AvgIpc) is 2.74. The van der Waals surface area contributed by atoms with E-state index in [2.05, 4.69) is 16.6 Å². The van der Waals surface area contributed by atoms with E-state index in [-0.39, 0.29) is 32.2 Å². The van der Waals surface area contributed by atoms with E-state index in [4.69, 9.17) is 15.9 Å². The number of nitrogens with zero attached hydrogens (tertiary/aromatic N) is 1. The first kappa shape index (κ1) is 28.5. The Morgan fingerprint density at radius 3 is 2.21 bits per heavy atom. The number of nitrogens with one attached hydrogen (secondary N) is 2. The Morgan fingerprint density at radius 1 is 1.09 bits per heavy atom. The number of hydrogen-bond donors (Lipinski definition) is 2. The molecule has 1 atom stereocenters. The van der Waals surface area contributed by atoms with Crippen LogP contribution in [0, 0.1) is 12.3 Å². The summed E-state index contributed by atoms with van der Waals surface area (Å²) < 4.78 is 10.1. The van der Waals surface area contributed by atoms with Crippen LogP contribution in [0.2, 0.25) is 0 Å². The quantitative estimate of drug-likeness (QED) is 0.399. The number of ether oxygens (including phenoxy) is 2. The van der Waals surface area contributed by atoms with Crippen molar-refractivity contribution < 1.29 is 28.7 Å². The largest absolute Gasteiger partial charge is 0.466 e. The molecule has 1 aromatic carbocycles. The van der Waals surface area contributed by atoms with Crippen molar-refractivity contribution in [2.45, 2.75) is 65.6 Å². The second kappa shape index (κ2) is 13.2. The molecule has 0 fully saturated rings. The molecule has 1 aromatic rings. The minimum atomic E-state index is -1.01. The van der Waals surface area contributed by atoms with Gasteiger partial charge >= 0.3 is 12.1 Å². The summed E-state index contributed by atoms with van der Waals surface area (Å²) >= 11 is 0. The molecular formula is C25H35N3O6. The Kier molecular flexibility index (Phi) is 11.1. The maximum absolute atomic E-state index is 13.2. The summed E-state index contributed by atoms with van der Waals surface area (Å²) in [5.41, 5.74) is 0.441. The standard InChI is InChI=1S/C25H35N3O6/c1-8-18-10-12-19(13-11-18)22(23(31)26-15-14-21(30)33-9-2)28(17(3)4)20(29)16-27-24(32)34-25(5,6)7/h1,10-13,17,22H,9,14-16H2,2-7H3,(H,26,31)(H,27,32). The molecule has 0 aliphatic carbocycles. The molecule has 3 amide bonds. The summed E-state index contributed by atoms with van der Waals surface area (Å²) in [5, 5.41) is 5.14. The first-order chi connectivity index (χ1) is 15.9. The zero-order valence-corrected chi connectivity index (χ0v) is 20.8. The van der Waals surface area contributed by atoms with E-state index >= 15 is 0 Å². The second-order valence-electron chi connectivity index (χ2n) is 8.77. The number of amides is 3. The van der Waals surface area contributed by atoms with E-state index < -0.39 is 35.5 Å². The SMILES string of the molecule is C#Cc1ccc(C(C(=O)NCCC(=O)OCC)N(C(=O)CNC(=O)OC(C)(C)C)C(C)C)cc1. The Morgan fingerprint density at radius 2 is 1.71 bits per heavy atom. The minimum Gasteiger partial charge on any atom is -0.466 e. The van der Waals surface area contributed by atoms with E-state index in [0.29, 0.717) is 11.1 Å². The molecular weight excluding hydrogens is 438 g/mol. The Bertz CT molecular complexity index is 897. The van der Waals surface area contributed by atoms with E-state index in [1.54, 1.807) is 65.8 Å². The fourth-order valence-electron chi connectivity index (χ4n) is 3.10. The van der Waals surface area contributed by atoms with Crippen molar-refractivity contribution in [1.29, 1.82) is 0 Å². The molecule has 0 radical (unpaired) electrons. The van der Waals surface area contributed by atoms with Gasteiger partial charge in [-0.1, -0.05) is 18.1 Å². The molecule has 0 saturated heterocycles. The molecule has 0 aliphatic heterocycles. The summed E-state index contributed by atoms with van der Waals surface area (Å²) in [7, 11) is 0. The molecule has 9 nitrogen and oxygen atoms in total. The van der Waals surface area contributed by atoms with Crippen LogP contribution in [0.5, 0.6) is 0 Å². The lowest BCUT2D eigenvalue weighted by Crippen LogP contribution is -2.50. The number of esters is 1. The van der Waals surface area contributed by atoms with E-state index in [1.165, 1.54) is 4.90 Å². The molecule has 0 saturated carbocycles. The molecule has 0 bridgehead atoms. The molecule has 0 spiro atoms. The van der Waals surface area contributed by atoms with Gasteiger partial charge in [0.25, 0.3) is 0 Å². The Hall–Kier alpha value is -3.54. The van der Waals surface area contributed by atoms with Crippen LogP contribution in [0.3, 0.4) is 0 Å². The summed E-state index contributed by atoms with van der Waals surface area (Å²) in [6.45, 7) is 10.3. The van der Waals surface area contributed by atoms with Crippen LogP contribution >= 0.6 is 0 Å². The van der Waals surface area contributed by atoms with E-state index in [9.17, 15) is 19.2 Å². The third-order valence-corrected chi connectivity index (χ3v) is 4.48. The summed E-state index contributed by atoms with van der Waals surface area (Å²) in [4.78, 5) is 51.4. The number of carbonyl (C=O) groups excluding carboxylic acids is 4. The molecule has 1 unspecified atom stereocenters. The van der Waals surface area contributed by atoms with Gasteiger partial charge in [-0.25, -0.2) is 4.79 Å². The van der Waals surface area contributed by atoms with Crippen LogP contribution in [-0.4, -0.2) is 60.1 Å².